The Kier molecular flexibility index (Phi) is 6.21. The summed E-state index contributed by atoms with van der Waals surface area (Å²) in [5.41, 5.74) is 8.32. The number of nitrogens with zero attached hydrogens (tertiary/aromatic N) is 3. The molecule has 0 saturated heterocycles. The van der Waals surface area contributed by atoms with Crippen LogP contribution >= 0.6 is 11.8 Å². The van der Waals surface area contributed by atoms with Crippen molar-refractivity contribution in [1.29, 1.82) is 0 Å². The number of hydrogen-bond donors (Lipinski definition) is 0. The average molecular weight is 634 g/mol. The summed E-state index contributed by atoms with van der Waals surface area (Å²) in [6, 6.07) is 46.6. The second-order valence-corrected chi connectivity index (χ2v) is 13.6. The van der Waals surface area contributed by atoms with Gasteiger partial charge < -0.3 is 4.42 Å². The van der Waals surface area contributed by atoms with Crippen LogP contribution < -0.4 is 0 Å². The first-order valence-electron chi connectivity index (χ1n) is 16.2. The lowest BCUT2D eigenvalue weighted by Gasteiger charge is -2.23. The minimum atomic E-state index is 0.175. The third-order valence-electron chi connectivity index (χ3n) is 9.49. The monoisotopic (exact) mass is 633 g/mol. The zero-order valence-corrected chi connectivity index (χ0v) is 26.6. The van der Waals surface area contributed by atoms with Gasteiger partial charge in [-0.3, -0.25) is 0 Å². The van der Waals surface area contributed by atoms with E-state index >= 15 is 0 Å². The molecule has 0 radical (unpaired) electrons. The van der Waals surface area contributed by atoms with Crippen molar-refractivity contribution in [3.05, 3.63) is 163 Å². The van der Waals surface area contributed by atoms with Gasteiger partial charge >= 0.3 is 0 Å². The standard InChI is InChI=1S/C43H27N3OS/c1-2-11-27-24-30(23-22-26(27)10-1)42-44-41(45-43(46-42)34-17-9-21-38-40(34)33-15-4-6-20-37(33)48-38)29-13-7-12-28(25-29)31-16-8-19-36-39(31)32-14-3-5-18-35(32)47-36/h1-25,38,40H. The molecule has 0 saturated carbocycles. The smallest absolute Gasteiger partial charge is 0.164 e. The minimum Gasteiger partial charge on any atom is -0.456 e. The highest BCUT2D eigenvalue weighted by Gasteiger charge is 2.37. The zero-order chi connectivity index (χ0) is 31.6. The molecule has 2 unspecified atom stereocenters. The number of allylic oxidation sites excluding steroid dienone is 3. The molecule has 0 spiro atoms. The first-order chi connectivity index (χ1) is 23.8. The van der Waals surface area contributed by atoms with Crippen LogP contribution in [0, 0.1) is 0 Å². The second-order valence-electron chi connectivity index (χ2n) is 12.3. The lowest BCUT2D eigenvalue weighted by Crippen LogP contribution is -2.15. The van der Waals surface area contributed by atoms with E-state index in [0.29, 0.717) is 22.7 Å². The average Bonchev–Trinajstić information content (AvgIpc) is 3.73. The van der Waals surface area contributed by atoms with E-state index in [1.165, 1.54) is 15.8 Å². The highest BCUT2D eigenvalue weighted by atomic mass is 32.2. The van der Waals surface area contributed by atoms with Crippen molar-refractivity contribution in [3.8, 4) is 33.9 Å². The third-order valence-corrected chi connectivity index (χ3v) is 10.8. The van der Waals surface area contributed by atoms with E-state index in [2.05, 4.69) is 133 Å². The van der Waals surface area contributed by atoms with Gasteiger partial charge in [0.25, 0.3) is 0 Å². The summed E-state index contributed by atoms with van der Waals surface area (Å²) in [6.07, 6.45) is 6.65. The van der Waals surface area contributed by atoms with Crippen LogP contribution in [0.3, 0.4) is 0 Å². The van der Waals surface area contributed by atoms with Crippen molar-refractivity contribution < 1.29 is 4.42 Å². The first-order valence-corrected chi connectivity index (χ1v) is 17.1. The molecule has 0 bridgehead atoms. The maximum Gasteiger partial charge on any atom is 0.164 e. The molecule has 226 valence electrons. The Morgan fingerprint density at radius 1 is 0.562 bits per heavy atom. The summed E-state index contributed by atoms with van der Waals surface area (Å²) in [5, 5.41) is 4.87. The van der Waals surface area contributed by atoms with Gasteiger partial charge in [0.15, 0.2) is 17.5 Å². The van der Waals surface area contributed by atoms with Gasteiger partial charge in [0.2, 0.25) is 0 Å². The number of benzene rings is 6. The Morgan fingerprint density at radius 2 is 1.29 bits per heavy atom. The topological polar surface area (TPSA) is 51.8 Å². The van der Waals surface area contributed by atoms with E-state index in [9.17, 15) is 0 Å². The molecule has 1 aliphatic carbocycles. The fourth-order valence-electron chi connectivity index (χ4n) is 7.25. The fraction of sp³-hybridized carbons (Fsp3) is 0.0465. The van der Waals surface area contributed by atoms with Crippen molar-refractivity contribution in [2.45, 2.75) is 16.1 Å². The van der Waals surface area contributed by atoms with Crippen LogP contribution in [0.1, 0.15) is 17.3 Å². The number of aromatic nitrogens is 3. The Bertz CT molecular complexity index is 2630. The molecule has 2 aliphatic rings. The molecular weight excluding hydrogens is 607 g/mol. The molecule has 3 heterocycles. The molecule has 6 aromatic carbocycles. The van der Waals surface area contributed by atoms with E-state index < -0.39 is 0 Å². The Labute approximate surface area is 281 Å². The van der Waals surface area contributed by atoms with Crippen LogP contribution in [0.5, 0.6) is 0 Å². The summed E-state index contributed by atoms with van der Waals surface area (Å²) in [6.45, 7) is 0. The van der Waals surface area contributed by atoms with Crippen LogP contribution in [0.4, 0.5) is 0 Å². The van der Waals surface area contributed by atoms with Crippen LogP contribution in [-0.2, 0) is 0 Å². The van der Waals surface area contributed by atoms with Crippen molar-refractivity contribution in [2.24, 2.45) is 0 Å². The normalized spacial score (nSPS) is 16.7. The van der Waals surface area contributed by atoms with Gasteiger partial charge in [-0.15, -0.1) is 11.8 Å². The van der Waals surface area contributed by atoms with E-state index in [1.54, 1.807) is 0 Å². The molecule has 2 atom stereocenters. The van der Waals surface area contributed by atoms with Gasteiger partial charge in [0.1, 0.15) is 11.2 Å². The summed E-state index contributed by atoms with van der Waals surface area (Å²) in [5.74, 6) is 2.21. The molecule has 1 aliphatic heterocycles. The molecule has 2 aromatic heterocycles. The first kappa shape index (κ1) is 27.3. The number of para-hydroxylation sites is 1. The molecule has 4 nitrogen and oxygen atoms in total. The lowest BCUT2D eigenvalue weighted by molar-refractivity contribution is 0.669. The van der Waals surface area contributed by atoms with Crippen molar-refractivity contribution >= 4 is 50.0 Å². The molecule has 0 amide bonds. The Balaban J connectivity index is 1.16. The molecule has 48 heavy (non-hydrogen) atoms. The number of thioether (sulfide) groups is 1. The van der Waals surface area contributed by atoms with Gasteiger partial charge in [-0.25, -0.2) is 15.0 Å². The number of fused-ring (bicyclic) bond motifs is 7. The van der Waals surface area contributed by atoms with Crippen molar-refractivity contribution in [3.63, 3.8) is 0 Å². The van der Waals surface area contributed by atoms with Gasteiger partial charge in [-0.1, -0.05) is 121 Å². The SMILES string of the molecule is C1=CC2Sc3ccccc3C2C(c2nc(-c3cccc(-c4cccc5oc6ccccc6c45)c3)nc(-c3ccc4ccccc4c3)n2)=C1. The van der Waals surface area contributed by atoms with Gasteiger partial charge in [0.05, 0.1) is 0 Å². The van der Waals surface area contributed by atoms with Crippen LogP contribution in [0.25, 0.3) is 72.2 Å². The minimum absolute atomic E-state index is 0.175. The predicted octanol–water partition coefficient (Wildman–Crippen LogP) is 11.1. The summed E-state index contributed by atoms with van der Waals surface area (Å²) in [4.78, 5) is 16.9. The van der Waals surface area contributed by atoms with Gasteiger partial charge in [-0.2, -0.15) is 0 Å². The highest BCUT2D eigenvalue weighted by molar-refractivity contribution is 8.00. The highest BCUT2D eigenvalue weighted by Crippen LogP contribution is 2.52. The maximum atomic E-state index is 6.22. The number of rotatable bonds is 4. The van der Waals surface area contributed by atoms with E-state index in [0.717, 1.165) is 55.2 Å². The number of furan rings is 1. The fourth-order valence-corrected chi connectivity index (χ4v) is 8.63. The van der Waals surface area contributed by atoms with Crippen molar-refractivity contribution in [1.82, 2.24) is 15.0 Å². The quantitative estimate of drug-likeness (QED) is 0.193. The molecular formula is C43H27N3OS. The molecule has 0 fully saturated rings. The van der Waals surface area contributed by atoms with Gasteiger partial charge in [-0.05, 0) is 57.8 Å². The molecule has 10 rings (SSSR count). The van der Waals surface area contributed by atoms with Crippen LogP contribution in [-0.4, -0.2) is 20.2 Å². The van der Waals surface area contributed by atoms with E-state index in [4.69, 9.17) is 19.4 Å². The Morgan fingerprint density at radius 3 is 2.23 bits per heavy atom. The van der Waals surface area contributed by atoms with Crippen molar-refractivity contribution in [2.75, 3.05) is 0 Å². The summed E-state index contributed by atoms with van der Waals surface area (Å²) >= 11 is 1.92. The van der Waals surface area contributed by atoms with E-state index in [-0.39, 0.29) is 5.92 Å². The predicted molar refractivity (Wildman–Crippen MR) is 197 cm³/mol. The zero-order valence-electron chi connectivity index (χ0n) is 25.7. The summed E-state index contributed by atoms with van der Waals surface area (Å²) in [7, 11) is 0. The molecule has 5 heteroatoms. The largest absolute Gasteiger partial charge is 0.456 e. The molecule has 0 N–H and O–H groups in total. The molecule has 8 aromatic rings. The maximum absolute atomic E-state index is 6.22. The third kappa shape index (κ3) is 4.43. The van der Waals surface area contributed by atoms with Crippen LogP contribution in [0.15, 0.2) is 161 Å². The summed E-state index contributed by atoms with van der Waals surface area (Å²) < 4.78 is 6.22. The van der Waals surface area contributed by atoms with E-state index in [1.807, 2.05) is 30.0 Å². The van der Waals surface area contributed by atoms with Gasteiger partial charge in [0, 0.05) is 43.5 Å². The number of hydrogen-bond acceptors (Lipinski definition) is 5. The Hall–Kier alpha value is -5.78. The second kappa shape index (κ2) is 10.9. The van der Waals surface area contributed by atoms with Crippen LogP contribution in [0.2, 0.25) is 0 Å². The lowest BCUT2D eigenvalue weighted by atomic mass is 9.84.